The molecule has 0 amide bonds. The Morgan fingerprint density at radius 1 is 1.14 bits per heavy atom. The van der Waals surface area contributed by atoms with Gasteiger partial charge in [0, 0.05) is 4.47 Å². The van der Waals surface area contributed by atoms with E-state index < -0.39 is 10.0 Å². The number of nitrogens with one attached hydrogen (secondary N) is 1. The van der Waals surface area contributed by atoms with Gasteiger partial charge in [-0.15, -0.1) is 0 Å². The molecule has 0 spiro atoms. The molecule has 21 heavy (non-hydrogen) atoms. The fourth-order valence-corrected chi connectivity index (χ4v) is 4.26. The number of benzene rings is 2. The van der Waals surface area contributed by atoms with Gasteiger partial charge in [-0.05, 0) is 52.3 Å². The van der Waals surface area contributed by atoms with Crippen molar-refractivity contribution in [2.45, 2.75) is 4.90 Å². The Morgan fingerprint density at radius 3 is 2.43 bits per heavy atom. The molecule has 2 rings (SSSR count). The van der Waals surface area contributed by atoms with Crippen LogP contribution in [0.5, 0.6) is 5.75 Å². The van der Waals surface area contributed by atoms with Gasteiger partial charge in [0.05, 0.1) is 22.3 Å². The highest BCUT2D eigenvalue weighted by Gasteiger charge is 2.18. The summed E-state index contributed by atoms with van der Waals surface area (Å²) in [4.78, 5) is 0.0132. The van der Waals surface area contributed by atoms with E-state index in [1.807, 2.05) is 0 Å². The summed E-state index contributed by atoms with van der Waals surface area (Å²) in [5.41, 5.74) is 0.404. The quantitative estimate of drug-likeness (QED) is 0.729. The average Bonchev–Trinajstić information content (AvgIpc) is 2.37. The lowest BCUT2D eigenvalue weighted by molar-refractivity contribution is 0.412. The average molecular weight is 456 g/mol. The summed E-state index contributed by atoms with van der Waals surface area (Å²) < 4.78 is 33.6. The zero-order valence-corrected chi connectivity index (χ0v) is 15.5. The lowest BCUT2D eigenvalue weighted by atomic mass is 10.3. The van der Waals surface area contributed by atoms with Crippen LogP contribution >= 0.6 is 43.5 Å². The van der Waals surface area contributed by atoms with Crippen molar-refractivity contribution >= 4 is 59.2 Å². The standard InChI is InChI=1S/C13H10Br2ClNO3S/c1-20-12-4-3-9(7-10(12)15)17-21(18,19)13-5-2-8(14)6-11(13)16/h2-7,17H,1H3. The van der Waals surface area contributed by atoms with Crippen molar-refractivity contribution in [3.63, 3.8) is 0 Å². The summed E-state index contributed by atoms with van der Waals surface area (Å²) in [5, 5.41) is 0.143. The number of anilines is 1. The van der Waals surface area contributed by atoms with Gasteiger partial charge in [-0.1, -0.05) is 27.5 Å². The highest BCUT2D eigenvalue weighted by Crippen LogP contribution is 2.30. The molecule has 4 nitrogen and oxygen atoms in total. The number of sulfonamides is 1. The van der Waals surface area contributed by atoms with Gasteiger partial charge in [-0.3, -0.25) is 4.72 Å². The topological polar surface area (TPSA) is 55.4 Å². The van der Waals surface area contributed by atoms with Gasteiger partial charge >= 0.3 is 0 Å². The van der Waals surface area contributed by atoms with E-state index in [1.54, 1.807) is 24.3 Å². The van der Waals surface area contributed by atoms with E-state index in [4.69, 9.17) is 16.3 Å². The summed E-state index contributed by atoms with van der Waals surface area (Å²) in [6, 6.07) is 9.46. The van der Waals surface area contributed by atoms with Gasteiger partial charge in [0.2, 0.25) is 0 Å². The smallest absolute Gasteiger partial charge is 0.263 e. The summed E-state index contributed by atoms with van der Waals surface area (Å²) in [6.45, 7) is 0. The first-order chi connectivity index (χ1) is 9.83. The predicted molar refractivity (Wildman–Crippen MR) is 90.7 cm³/mol. The predicted octanol–water partition coefficient (Wildman–Crippen LogP) is 4.67. The molecule has 0 unspecified atom stereocenters. The lowest BCUT2D eigenvalue weighted by Gasteiger charge is -2.11. The summed E-state index contributed by atoms with van der Waals surface area (Å²) in [7, 11) is -2.23. The zero-order valence-electron chi connectivity index (χ0n) is 10.7. The third-order valence-electron chi connectivity index (χ3n) is 2.59. The number of methoxy groups -OCH3 is 1. The highest BCUT2D eigenvalue weighted by molar-refractivity contribution is 9.10. The Kier molecular flexibility index (Phi) is 5.19. The van der Waals surface area contributed by atoms with E-state index in [9.17, 15) is 8.42 Å². The highest BCUT2D eigenvalue weighted by atomic mass is 79.9. The Labute approximate surface area is 144 Å². The molecule has 2 aromatic carbocycles. The van der Waals surface area contributed by atoms with Gasteiger partial charge < -0.3 is 4.74 Å². The molecular weight excluding hydrogens is 445 g/mol. The maximum absolute atomic E-state index is 12.3. The van der Waals surface area contributed by atoms with Crippen LogP contribution in [0.3, 0.4) is 0 Å². The third kappa shape index (κ3) is 3.91. The molecule has 0 fully saturated rings. The van der Waals surface area contributed by atoms with Crippen LogP contribution in [0.15, 0.2) is 50.2 Å². The molecule has 0 saturated carbocycles. The van der Waals surface area contributed by atoms with Crippen molar-refractivity contribution in [1.29, 1.82) is 0 Å². The fourth-order valence-electron chi connectivity index (χ4n) is 1.63. The molecule has 0 aromatic heterocycles. The van der Waals surface area contributed by atoms with Crippen LogP contribution in [0.4, 0.5) is 5.69 Å². The van der Waals surface area contributed by atoms with E-state index in [0.717, 1.165) is 0 Å². The first-order valence-corrected chi connectivity index (χ1v) is 9.09. The summed E-state index contributed by atoms with van der Waals surface area (Å²) >= 11 is 12.5. The van der Waals surface area contributed by atoms with Crippen LogP contribution in [0.1, 0.15) is 0 Å². The second kappa shape index (κ2) is 6.56. The maximum Gasteiger partial charge on any atom is 0.263 e. The Morgan fingerprint density at radius 2 is 1.86 bits per heavy atom. The van der Waals surface area contributed by atoms with Crippen LogP contribution in [-0.2, 0) is 10.0 Å². The lowest BCUT2D eigenvalue weighted by Crippen LogP contribution is -2.13. The molecule has 0 aliphatic carbocycles. The van der Waals surface area contributed by atoms with Crippen molar-refractivity contribution in [3.8, 4) is 5.75 Å². The van der Waals surface area contributed by atoms with Crippen molar-refractivity contribution in [3.05, 3.63) is 50.4 Å². The molecule has 2 aromatic rings. The summed E-state index contributed by atoms with van der Waals surface area (Å²) in [5.74, 6) is 0.611. The SMILES string of the molecule is COc1ccc(NS(=O)(=O)c2ccc(Br)cc2Cl)cc1Br. The zero-order chi connectivity index (χ0) is 15.6. The summed E-state index contributed by atoms with van der Waals surface area (Å²) in [6.07, 6.45) is 0. The van der Waals surface area contributed by atoms with Crippen LogP contribution < -0.4 is 9.46 Å². The van der Waals surface area contributed by atoms with E-state index in [0.29, 0.717) is 20.4 Å². The Bertz CT molecular complexity index is 781. The normalized spacial score (nSPS) is 11.2. The molecule has 0 radical (unpaired) electrons. The second-order valence-electron chi connectivity index (χ2n) is 4.03. The monoisotopic (exact) mass is 453 g/mol. The fraction of sp³-hybridized carbons (Fsp3) is 0.0769. The van der Waals surface area contributed by atoms with Crippen LogP contribution in [0, 0.1) is 0 Å². The first kappa shape index (κ1) is 16.6. The Balaban J connectivity index is 2.35. The van der Waals surface area contributed by atoms with E-state index in [-0.39, 0.29) is 9.92 Å². The first-order valence-electron chi connectivity index (χ1n) is 5.65. The minimum Gasteiger partial charge on any atom is -0.496 e. The van der Waals surface area contributed by atoms with Crippen molar-refractivity contribution < 1.29 is 13.2 Å². The van der Waals surface area contributed by atoms with Crippen molar-refractivity contribution in [1.82, 2.24) is 0 Å². The largest absolute Gasteiger partial charge is 0.496 e. The molecular formula is C13H10Br2ClNO3S. The minimum absolute atomic E-state index is 0.0132. The minimum atomic E-state index is -3.76. The van der Waals surface area contributed by atoms with Gasteiger partial charge in [-0.25, -0.2) is 8.42 Å². The van der Waals surface area contributed by atoms with E-state index in [1.165, 1.54) is 19.2 Å². The second-order valence-corrected chi connectivity index (χ2v) is 7.86. The molecule has 112 valence electrons. The van der Waals surface area contributed by atoms with Crippen LogP contribution in [0.25, 0.3) is 0 Å². The maximum atomic E-state index is 12.3. The molecule has 0 bridgehead atoms. The molecule has 1 N–H and O–H groups in total. The number of ether oxygens (including phenoxy) is 1. The van der Waals surface area contributed by atoms with E-state index in [2.05, 4.69) is 36.6 Å². The Hall–Kier alpha value is -0.760. The van der Waals surface area contributed by atoms with Crippen molar-refractivity contribution in [2.75, 3.05) is 11.8 Å². The molecule has 0 aliphatic rings. The van der Waals surface area contributed by atoms with Gasteiger partial charge in [-0.2, -0.15) is 0 Å². The molecule has 0 saturated heterocycles. The van der Waals surface area contributed by atoms with Crippen molar-refractivity contribution in [2.24, 2.45) is 0 Å². The molecule has 8 heteroatoms. The third-order valence-corrected chi connectivity index (χ3v) is 5.56. The van der Waals surface area contributed by atoms with E-state index >= 15 is 0 Å². The number of rotatable bonds is 4. The molecule has 0 aliphatic heterocycles. The number of hydrogen-bond donors (Lipinski definition) is 1. The number of hydrogen-bond acceptors (Lipinski definition) is 3. The van der Waals surface area contributed by atoms with Gasteiger partial charge in [0.1, 0.15) is 10.6 Å². The number of halogens is 3. The van der Waals surface area contributed by atoms with Crippen LogP contribution in [0.2, 0.25) is 5.02 Å². The van der Waals surface area contributed by atoms with Crippen LogP contribution in [-0.4, -0.2) is 15.5 Å². The molecule has 0 atom stereocenters. The molecule has 0 heterocycles. The van der Waals surface area contributed by atoms with Gasteiger partial charge in [0.15, 0.2) is 0 Å². The van der Waals surface area contributed by atoms with Gasteiger partial charge in [0.25, 0.3) is 10.0 Å².